The fourth-order valence-corrected chi connectivity index (χ4v) is 2.76. The quantitative estimate of drug-likeness (QED) is 0.820. The number of fused-ring (bicyclic) bond motifs is 1. The van der Waals surface area contributed by atoms with Crippen molar-refractivity contribution in [2.45, 2.75) is 52.1 Å². The lowest BCUT2D eigenvalue weighted by Gasteiger charge is -2.38. The van der Waals surface area contributed by atoms with Crippen LogP contribution in [0.1, 0.15) is 50.7 Å². The average molecular weight is 247 g/mol. The lowest BCUT2D eigenvalue weighted by molar-refractivity contribution is 0.0717. The predicted molar refractivity (Wildman–Crippen MR) is 76.4 cm³/mol. The van der Waals surface area contributed by atoms with Gasteiger partial charge in [-0.25, -0.2) is 0 Å². The minimum Gasteiger partial charge on any atom is -0.488 e. The molecule has 0 fully saturated rings. The summed E-state index contributed by atoms with van der Waals surface area (Å²) >= 11 is 0. The van der Waals surface area contributed by atoms with Gasteiger partial charge in [0.1, 0.15) is 11.4 Å². The molecular formula is C16H25NO. The van der Waals surface area contributed by atoms with E-state index in [1.54, 1.807) is 0 Å². The Kier molecular flexibility index (Phi) is 3.96. The summed E-state index contributed by atoms with van der Waals surface area (Å²) in [6, 6.07) is 6.54. The van der Waals surface area contributed by atoms with Crippen molar-refractivity contribution in [1.82, 2.24) is 5.32 Å². The van der Waals surface area contributed by atoms with Crippen molar-refractivity contribution in [3.63, 3.8) is 0 Å². The Hall–Kier alpha value is -1.02. The molecule has 18 heavy (non-hydrogen) atoms. The second-order valence-corrected chi connectivity index (χ2v) is 6.01. The molecule has 1 N–H and O–H groups in total. The van der Waals surface area contributed by atoms with Gasteiger partial charge in [0.15, 0.2) is 0 Å². The minimum atomic E-state index is -0.0547. The highest BCUT2D eigenvalue weighted by Gasteiger charge is 2.33. The number of benzene rings is 1. The molecular weight excluding hydrogens is 222 g/mol. The summed E-state index contributed by atoms with van der Waals surface area (Å²) in [5.41, 5.74) is 2.64. The van der Waals surface area contributed by atoms with Gasteiger partial charge in [-0.3, -0.25) is 0 Å². The lowest BCUT2D eigenvalue weighted by Crippen LogP contribution is -2.38. The smallest absolute Gasteiger partial charge is 0.123 e. The van der Waals surface area contributed by atoms with Gasteiger partial charge in [-0.15, -0.1) is 0 Å². The third kappa shape index (κ3) is 3.05. The first kappa shape index (κ1) is 13.4. The number of nitrogens with one attached hydrogen (secondary N) is 1. The molecule has 1 heterocycles. The average Bonchev–Trinajstić information content (AvgIpc) is 2.29. The molecule has 0 aliphatic carbocycles. The molecule has 2 rings (SSSR count). The first-order valence-electron chi connectivity index (χ1n) is 7.02. The first-order valence-corrected chi connectivity index (χ1v) is 7.02. The topological polar surface area (TPSA) is 21.3 Å². The molecule has 0 saturated heterocycles. The molecule has 2 nitrogen and oxygen atoms in total. The second-order valence-electron chi connectivity index (χ2n) is 6.01. The summed E-state index contributed by atoms with van der Waals surface area (Å²) in [7, 11) is 0. The second kappa shape index (κ2) is 5.31. The predicted octanol–water partition coefficient (Wildman–Crippen LogP) is 3.64. The third-order valence-electron chi connectivity index (χ3n) is 3.55. The van der Waals surface area contributed by atoms with E-state index in [1.807, 2.05) is 0 Å². The van der Waals surface area contributed by atoms with Crippen molar-refractivity contribution >= 4 is 0 Å². The van der Waals surface area contributed by atoms with E-state index in [1.165, 1.54) is 17.5 Å². The SMILES string of the molecule is CCCNCC1CC(C)(C)Oc2ccc(C)cc21. The fraction of sp³-hybridized carbons (Fsp3) is 0.625. The zero-order chi connectivity index (χ0) is 13.2. The van der Waals surface area contributed by atoms with Crippen molar-refractivity contribution in [2.24, 2.45) is 0 Å². The molecule has 100 valence electrons. The Morgan fingerprint density at radius 3 is 2.89 bits per heavy atom. The minimum absolute atomic E-state index is 0.0547. The zero-order valence-electron chi connectivity index (χ0n) is 12.0. The van der Waals surface area contributed by atoms with E-state index in [2.05, 4.69) is 51.2 Å². The Morgan fingerprint density at radius 2 is 2.17 bits per heavy atom. The Bertz CT molecular complexity index is 412. The van der Waals surface area contributed by atoms with E-state index in [0.717, 1.165) is 25.3 Å². The normalized spacial score (nSPS) is 21.2. The molecule has 1 aromatic carbocycles. The van der Waals surface area contributed by atoms with Gasteiger partial charge in [-0.2, -0.15) is 0 Å². The maximum Gasteiger partial charge on any atom is 0.123 e. The van der Waals surface area contributed by atoms with E-state index in [9.17, 15) is 0 Å². The molecule has 0 spiro atoms. The monoisotopic (exact) mass is 247 g/mol. The number of rotatable bonds is 4. The molecule has 1 aromatic rings. The van der Waals surface area contributed by atoms with Crippen LogP contribution < -0.4 is 10.1 Å². The molecule has 0 bridgehead atoms. The van der Waals surface area contributed by atoms with Gasteiger partial charge in [-0.1, -0.05) is 24.6 Å². The fourth-order valence-electron chi connectivity index (χ4n) is 2.76. The van der Waals surface area contributed by atoms with E-state index in [4.69, 9.17) is 4.74 Å². The van der Waals surface area contributed by atoms with Gasteiger partial charge in [0.2, 0.25) is 0 Å². The van der Waals surface area contributed by atoms with Crippen LogP contribution in [0.3, 0.4) is 0 Å². The maximum atomic E-state index is 6.08. The van der Waals surface area contributed by atoms with Crippen molar-refractivity contribution in [3.05, 3.63) is 29.3 Å². The molecule has 1 atom stereocenters. The van der Waals surface area contributed by atoms with Gasteiger partial charge in [0.25, 0.3) is 0 Å². The van der Waals surface area contributed by atoms with Crippen LogP contribution in [0, 0.1) is 6.92 Å². The number of aryl methyl sites for hydroxylation is 1. The van der Waals surface area contributed by atoms with E-state index >= 15 is 0 Å². The summed E-state index contributed by atoms with van der Waals surface area (Å²) in [6.07, 6.45) is 2.27. The highest BCUT2D eigenvalue weighted by atomic mass is 16.5. The van der Waals surface area contributed by atoms with Crippen LogP contribution in [0.2, 0.25) is 0 Å². The van der Waals surface area contributed by atoms with Gasteiger partial charge in [-0.05, 0) is 51.8 Å². The van der Waals surface area contributed by atoms with Crippen LogP contribution in [-0.4, -0.2) is 18.7 Å². The molecule has 0 saturated carbocycles. The molecule has 1 unspecified atom stereocenters. The summed E-state index contributed by atoms with van der Waals surface area (Å²) in [4.78, 5) is 0. The third-order valence-corrected chi connectivity index (χ3v) is 3.55. The standard InChI is InChI=1S/C16H25NO/c1-5-8-17-11-13-10-16(3,4)18-15-7-6-12(2)9-14(13)15/h6-7,9,13,17H,5,8,10-11H2,1-4H3. The lowest BCUT2D eigenvalue weighted by atomic mass is 9.83. The van der Waals surface area contributed by atoms with Crippen LogP contribution in [0.15, 0.2) is 18.2 Å². The molecule has 1 aliphatic heterocycles. The van der Waals surface area contributed by atoms with Crippen LogP contribution in [-0.2, 0) is 0 Å². The van der Waals surface area contributed by atoms with Crippen LogP contribution in [0.5, 0.6) is 5.75 Å². The summed E-state index contributed by atoms with van der Waals surface area (Å²) in [6.45, 7) is 10.9. The number of ether oxygens (including phenoxy) is 1. The number of hydrogen-bond donors (Lipinski definition) is 1. The van der Waals surface area contributed by atoms with Crippen molar-refractivity contribution in [3.8, 4) is 5.75 Å². The van der Waals surface area contributed by atoms with Crippen LogP contribution >= 0.6 is 0 Å². The molecule has 2 heteroatoms. The van der Waals surface area contributed by atoms with Crippen molar-refractivity contribution in [1.29, 1.82) is 0 Å². The Morgan fingerprint density at radius 1 is 1.39 bits per heavy atom. The highest BCUT2D eigenvalue weighted by Crippen LogP contribution is 2.40. The number of hydrogen-bond acceptors (Lipinski definition) is 2. The van der Waals surface area contributed by atoms with E-state index < -0.39 is 0 Å². The maximum absolute atomic E-state index is 6.08. The Labute approximate surface area is 111 Å². The van der Waals surface area contributed by atoms with Crippen molar-refractivity contribution < 1.29 is 4.74 Å². The van der Waals surface area contributed by atoms with E-state index in [-0.39, 0.29) is 5.60 Å². The summed E-state index contributed by atoms with van der Waals surface area (Å²) in [5, 5.41) is 3.55. The van der Waals surface area contributed by atoms with Gasteiger partial charge >= 0.3 is 0 Å². The first-order chi connectivity index (χ1) is 8.52. The van der Waals surface area contributed by atoms with E-state index in [0.29, 0.717) is 5.92 Å². The van der Waals surface area contributed by atoms with Crippen LogP contribution in [0.25, 0.3) is 0 Å². The Balaban J connectivity index is 2.21. The van der Waals surface area contributed by atoms with Crippen LogP contribution in [0.4, 0.5) is 0 Å². The summed E-state index contributed by atoms with van der Waals surface area (Å²) < 4.78 is 6.08. The summed E-state index contributed by atoms with van der Waals surface area (Å²) in [5.74, 6) is 1.63. The highest BCUT2D eigenvalue weighted by molar-refractivity contribution is 5.42. The zero-order valence-corrected chi connectivity index (χ0v) is 12.0. The molecule has 0 radical (unpaired) electrons. The van der Waals surface area contributed by atoms with Crippen molar-refractivity contribution in [2.75, 3.05) is 13.1 Å². The largest absolute Gasteiger partial charge is 0.488 e. The molecule has 1 aliphatic rings. The van der Waals surface area contributed by atoms with Gasteiger partial charge < -0.3 is 10.1 Å². The molecule has 0 amide bonds. The van der Waals surface area contributed by atoms with Gasteiger partial charge in [0.05, 0.1) is 0 Å². The van der Waals surface area contributed by atoms with Gasteiger partial charge in [0, 0.05) is 12.5 Å². The molecule has 0 aromatic heterocycles.